The zero-order valence-electron chi connectivity index (χ0n) is 18.9. The Hall–Kier alpha value is -3.40. The Bertz CT molecular complexity index is 1050. The van der Waals surface area contributed by atoms with E-state index in [4.69, 9.17) is 14.2 Å². The number of esters is 1. The van der Waals surface area contributed by atoms with Crippen molar-refractivity contribution in [3.63, 3.8) is 0 Å². The molecule has 0 aromatic heterocycles. The molecule has 33 heavy (non-hydrogen) atoms. The molecule has 2 aromatic rings. The van der Waals surface area contributed by atoms with E-state index in [9.17, 15) is 14.4 Å². The highest BCUT2D eigenvalue weighted by atomic mass is 79.9. The minimum Gasteiger partial charge on any atom is -0.493 e. The number of ether oxygens (including phenoxy) is 3. The quantitative estimate of drug-likeness (QED) is 0.215. The zero-order valence-corrected chi connectivity index (χ0v) is 20.4. The van der Waals surface area contributed by atoms with Crippen molar-refractivity contribution < 1.29 is 28.6 Å². The third kappa shape index (κ3) is 8.23. The maximum Gasteiger partial charge on any atom is 0.344 e. The number of carbonyl (C=O) groups is 3. The van der Waals surface area contributed by atoms with Crippen LogP contribution in [0.25, 0.3) is 0 Å². The highest BCUT2D eigenvalue weighted by molar-refractivity contribution is 9.10. The van der Waals surface area contributed by atoms with Gasteiger partial charge >= 0.3 is 5.97 Å². The minimum atomic E-state index is -0.561. The van der Waals surface area contributed by atoms with Crippen molar-refractivity contribution in [3.8, 4) is 11.5 Å². The van der Waals surface area contributed by atoms with Crippen molar-refractivity contribution in [2.24, 2.45) is 5.10 Å². The highest BCUT2D eigenvalue weighted by Crippen LogP contribution is 2.36. The summed E-state index contributed by atoms with van der Waals surface area (Å²) in [5.74, 6) is -0.818. The fourth-order valence-corrected chi connectivity index (χ4v) is 3.37. The number of carbonyl (C=O) groups excluding carboxylic acids is 3. The van der Waals surface area contributed by atoms with E-state index in [1.54, 1.807) is 25.1 Å². The van der Waals surface area contributed by atoms with Gasteiger partial charge in [0.1, 0.15) is 6.42 Å². The fourth-order valence-electron chi connectivity index (χ4n) is 2.80. The van der Waals surface area contributed by atoms with E-state index in [-0.39, 0.29) is 19.6 Å². The van der Waals surface area contributed by atoms with Gasteiger partial charge in [0.25, 0.3) is 0 Å². The maximum atomic E-state index is 12.1. The number of methoxy groups -OCH3 is 1. The van der Waals surface area contributed by atoms with Gasteiger partial charge in [-0.1, -0.05) is 17.7 Å². The lowest BCUT2D eigenvalue weighted by Crippen LogP contribution is -2.24. The topological polar surface area (TPSA) is 115 Å². The number of anilines is 1. The van der Waals surface area contributed by atoms with E-state index in [0.717, 1.165) is 11.1 Å². The Morgan fingerprint density at radius 1 is 1.12 bits per heavy atom. The summed E-state index contributed by atoms with van der Waals surface area (Å²) in [5.41, 5.74) is 5.56. The molecule has 2 rings (SSSR count). The zero-order chi connectivity index (χ0) is 24.4. The Morgan fingerprint density at radius 2 is 1.88 bits per heavy atom. The summed E-state index contributed by atoms with van der Waals surface area (Å²) >= 11 is 3.36. The van der Waals surface area contributed by atoms with E-state index in [0.29, 0.717) is 27.2 Å². The first-order valence-corrected chi connectivity index (χ1v) is 10.9. The molecule has 10 heteroatoms. The standard InChI is InChI=1S/C23H26BrN3O6/c1-5-32-22(30)13-33-23-17(24)9-16(10-19(23)31-4)12-25-27-21(29)11-20(28)26-18-7-6-14(2)8-15(18)3/h6-10,12H,5,11,13H2,1-4H3,(H,26,28)(H,27,29). The smallest absolute Gasteiger partial charge is 0.344 e. The fraction of sp³-hybridized carbons (Fsp3) is 0.304. The van der Waals surface area contributed by atoms with Gasteiger partial charge in [-0.25, -0.2) is 10.2 Å². The van der Waals surface area contributed by atoms with Gasteiger partial charge in [0, 0.05) is 5.69 Å². The number of hydrazone groups is 1. The number of rotatable bonds is 10. The Kier molecular flexibility index (Phi) is 9.86. The van der Waals surface area contributed by atoms with E-state index < -0.39 is 17.8 Å². The molecule has 2 amide bonds. The molecule has 0 aliphatic rings. The van der Waals surface area contributed by atoms with Gasteiger partial charge in [-0.2, -0.15) is 5.10 Å². The lowest BCUT2D eigenvalue weighted by molar-refractivity contribution is -0.145. The van der Waals surface area contributed by atoms with Gasteiger partial charge in [0.15, 0.2) is 18.1 Å². The van der Waals surface area contributed by atoms with Crippen LogP contribution in [0, 0.1) is 13.8 Å². The van der Waals surface area contributed by atoms with Crippen LogP contribution in [-0.4, -0.2) is 44.3 Å². The second-order valence-corrected chi connectivity index (χ2v) is 7.82. The molecule has 0 bridgehead atoms. The number of halogens is 1. The van der Waals surface area contributed by atoms with Crippen molar-refractivity contribution in [2.75, 3.05) is 25.6 Å². The van der Waals surface area contributed by atoms with Gasteiger partial charge in [-0.15, -0.1) is 0 Å². The van der Waals surface area contributed by atoms with Crippen molar-refractivity contribution in [3.05, 3.63) is 51.5 Å². The number of hydrogen-bond acceptors (Lipinski definition) is 7. The summed E-state index contributed by atoms with van der Waals surface area (Å²) < 4.78 is 16.1. The summed E-state index contributed by atoms with van der Waals surface area (Å²) in [6.07, 6.45) is 1.01. The van der Waals surface area contributed by atoms with E-state index in [1.165, 1.54) is 13.3 Å². The molecule has 0 heterocycles. The monoisotopic (exact) mass is 519 g/mol. The predicted molar refractivity (Wildman–Crippen MR) is 128 cm³/mol. The predicted octanol–water partition coefficient (Wildman–Crippen LogP) is 3.50. The second kappa shape index (κ2) is 12.6. The van der Waals surface area contributed by atoms with Gasteiger partial charge in [0.05, 0.1) is 24.4 Å². The molecule has 0 fully saturated rings. The summed E-state index contributed by atoms with van der Waals surface area (Å²) in [6.45, 7) is 5.54. The summed E-state index contributed by atoms with van der Waals surface area (Å²) in [4.78, 5) is 35.7. The Balaban J connectivity index is 1.94. The molecule has 0 saturated carbocycles. The number of hydrogen-bond donors (Lipinski definition) is 2. The number of aryl methyl sites for hydroxylation is 2. The van der Waals surface area contributed by atoms with Crippen molar-refractivity contribution in [2.45, 2.75) is 27.2 Å². The van der Waals surface area contributed by atoms with Crippen LogP contribution in [0.5, 0.6) is 11.5 Å². The van der Waals surface area contributed by atoms with Crippen LogP contribution in [-0.2, 0) is 19.1 Å². The van der Waals surface area contributed by atoms with Crippen LogP contribution in [0.3, 0.4) is 0 Å². The van der Waals surface area contributed by atoms with Gasteiger partial charge in [-0.05, 0) is 66.0 Å². The molecule has 0 saturated heterocycles. The Morgan fingerprint density at radius 3 is 2.55 bits per heavy atom. The summed E-state index contributed by atoms with van der Waals surface area (Å²) in [5, 5.41) is 6.59. The van der Waals surface area contributed by atoms with Crippen LogP contribution < -0.4 is 20.2 Å². The Labute approximate surface area is 200 Å². The van der Waals surface area contributed by atoms with Crippen LogP contribution in [0.1, 0.15) is 30.0 Å². The van der Waals surface area contributed by atoms with E-state index in [2.05, 4.69) is 31.8 Å². The molecule has 176 valence electrons. The largest absolute Gasteiger partial charge is 0.493 e. The van der Waals surface area contributed by atoms with Gasteiger partial charge < -0.3 is 19.5 Å². The van der Waals surface area contributed by atoms with Crippen molar-refractivity contribution in [1.29, 1.82) is 0 Å². The van der Waals surface area contributed by atoms with Crippen LogP contribution >= 0.6 is 15.9 Å². The lowest BCUT2D eigenvalue weighted by atomic mass is 10.1. The van der Waals surface area contributed by atoms with E-state index >= 15 is 0 Å². The number of nitrogens with one attached hydrogen (secondary N) is 2. The van der Waals surface area contributed by atoms with Crippen molar-refractivity contribution >= 4 is 45.6 Å². The molecule has 0 aliphatic carbocycles. The number of amides is 2. The highest BCUT2D eigenvalue weighted by Gasteiger charge is 2.14. The summed E-state index contributed by atoms with van der Waals surface area (Å²) in [6, 6.07) is 8.91. The molecule has 0 atom stereocenters. The second-order valence-electron chi connectivity index (χ2n) is 6.96. The van der Waals surface area contributed by atoms with Crippen LogP contribution in [0.4, 0.5) is 5.69 Å². The normalized spacial score (nSPS) is 10.6. The molecule has 2 aromatic carbocycles. The maximum absolute atomic E-state index is 12.1. The third-order valence-corrected chi connectivity index (χ3v) is 4.86. The van der Waals surface area contributed by atoms with Gasteiger partial charge in [-0.3, -0.25) is 9.59 Å². The van der Waals surface area contributed by atoms with Crippen LogP contribution in [0.15, 0.2) is 39.9 Å². The first-order valence-electron chi connectivity index (χ1n) is 10.1. The first-order chi connectivity index (χ1) is 15.7. The molecular weight excluding hydrogens is 494 g/mol. The molecule has 0 unspecified atom stereocenters. The summed E-state index contributed by atoms with van der Waals surface area (Å²) in [7, 11) is 1.45. The SMILES string of the molecule is CCOC(=O)COc1c(Br)cc(C=NNC(=O)CC(=O)Nc2ccc(C)cc2C)cc1OC. The average Bonchev–Trinajstić information content (AvgIpc) is 2.74. The molecule has 0 spiro atoms. The third-order valence-electron chi connectivity index (χ3n) is 4.27. The van der Waals surface area contributed by atoms with Gasteiger partial charge in [0.2, 0.25) is 11.8 Å². The average molecular weight is 520 g/mol. The first kappa shape index (κ1) is 25.9. The van der Waals surface area contributed by atoms with E-state index in [1.807, 2.05) is 26.0 Å². The molecular formula is C23H26BrN3O6. The van der Waals surface area contributed by atoms with Crippen molar-refractivity contribution in [1.82, 2.24) is 5.43 Å². The minimum absolute atomic E-state index is 0.259. The van der Waals surface area contributed by atoms with Crippen LogP contribution in [0.2, 0.25) is 0 Å². The number of nitrogens with zero attached hydrogens (tertiary/aromatic N) is 1. The molecule has 0 radical (unpaired) electrons. The molecule has 2 N–H and O–H groups in total. The lowest BCUT2D eigenvalue weighted by Gasteiger charge is -2.13. The molecule has 9 nitrogen and oxygen atoms in total. The number of benzene rings is 2. The molecule has 0 aliphatic heterocycles.